The highest BCUT2D eigenvalue weighted by atomic mass is 16.5. The van der Waals surface area contributed by atoms with Crippen LogP contribution in [0.5, 0.6) is 5.75 Å². The topological polar surface area (TPSA) is 67.4 Å². The number of esters is 1. The Hall–Kier alpha value is -3.70. The minimum atomic E-state index is -0.258. The van der Waals surface area contributed by atoms with Gasteiger partial charge in [-0.3, -0.25) is 9.59 Å². The predicted octanol–water partition coefficient (Wildman–Crippen LogP) is 5.67. The van der Waals surface area contributed by atoms with Crippen LogP contribution in [0.2, 0.25) is 0 Å². The molecule has 0 saturated heterocycles. The van der Waals surface area contributed by atoms with Gasteiger partial charge in [-0.25, -0.2) is 0 Å². The van der Waals surface area contributed by atoms with Gasteiger partial charge in [0.15, 0.2) is 0 Å². The van der Waals surface area contributed by atoms with E-state index in [2.05, 4.69) is 60.5 Å². The van der Waals surface area contributed by atoms with Crippen LogP contribution in [0.4, 0.5) is 0 Å². The molecule has 0 aliphatic rings. The minimum absolute atomic E-state index is 0.157. The highest BCUT2D eigenvalue weighted by Crippen LogP contribution is 2.27. The molecule has 2 N–H and O–H groups in total. The van der Waals surface area contributed by atoms with Gasteiger partial charge in [-0.2, -0.15) is 0 Å². The highest BCUT2D eigenvalue weighted by molar-refractivity contribution is 5.92. The van der Waals surface area contributed by atoms with E-state index in [1.54, 1.807) is 6.92 Å². The summed E-state index contributed by atoms with van der Waals surface area (Å²) in [5.41, 5.74) is 8.14. The van der Waals surface area contributed by atoms with Gasteiger partial charge in [0.1, 0.15) is 5.75 Å². The first-order valence-corrected chi connectivity index (χ1v) is 12.4. The van der Waals surface area contributed by atoms with Crippen LogP contribution in [0.1, 0.15) is 48.1 Å². The molecule has 0 radical (unpaired) electrons. The lowest BCUT2D eigenvalue weighted by Crippen LogP contribution is -2.24. The van der Waals surface area contributed by atoms with Crippen LogP contribution in [0, 0.1) is 6.92 Å². The highest BCUT2D eigenvalue weighted by Gasteiger charge is 2.11. The lowest BCUT2D eigenvalue weighted by molar-refractivity contribution is -0.134. The molecule has 188 valence electrons. The summed E-state index contributed by atoms with van der Waals surface area (Å²) in [5.74, 6) is 0.175. The molecular weight excluding hydrogens is 448 g/mol. The first-order chi connectivity index (χ1) is 17.3. The number of rotatable bonds is 11. The van der Waals surface area contributed by atoms with Crippen LogP contribution in [0.25, 0.3) is 11.1 Å². The summed E-state index contributed by atoms with van der Waals surface area (Å²) in [5, 5.41) is 6.04. The largest absolute Gasteiger partial charge is 0.426 e. The summed E-state index contributed by atoms with van der Waals surface area (Å²) in [4.78, 5) is 24.4. The maximum atomic E-state index is 12.6. The zero-order chi connectivity index (χ0) is 26.1. The van der Waals surface area contributed by atoms with Gasteiger partial charge in [-0.05, 0) is 84.8 Å². The summed E-state index contributed by atoms with van der Waals surface area (Å²) in [6.07, 6.45) is 1.88. The second kappa shape index (κ2) is 12.8. The lowest BCUT2D eigenvalue weighted by atomic mass is 10.0. The summed E-state index contributed by atoms with van der Waals surface area (Å²) in [7, 11) is 1.88. The van der Waals surface area contributed by atoms with E-state index in [4.69, 9.17) is 4.74 Å². The van der Waals surface area contributed by atoms with E-state index < -0.39 is 0 Å². The molecule has 3 aromatic rings. The van der Waals surface area contributed by atoms with E-state index in [9.17, 15) is 9.59 Å². The Kier molecular flexibility index (Phi) is 9.60. The number of hydrogen-bond donors (Lipinski definition) is 2. The summed E-state index contributed by atoms with van der Waals surface area (Å²) in [6, 6.07) is 20.5. The zero-order valence-electron chi connectivity index (χ0n) is 21.7. The Morgan fingerprint density at radius 1 is 0.889 bits per heavy atom. The molecule has 1 amide bonds. The van der Waals surface area contributed by atoms with Crippen LogP contribution in [-0.2, 0) is 35.5 Å². The Morgan fingerprint density at radius 3 is 2.22 bits per heavy atom. The minimum Gasteiger partial charge on any atom is -0.426 e. The maximum absolute atomic E-state index is 12.6. The van der Waals surface area contributed by atoms with Gasteiger partial charge in [0, 0.05) is 25.1 Å². The van der Waals surface area contributed by atoms with Crippen molar-refractivity contribution in [1.82, 2.24) is 10.6 Å². The SMILES string of the molecule is C=C(C)C(=O)NCc1ccc(CCC(=O)Oc2ccc(-c3ccc(CC)cc3)cc2C)cc1CNC. The number of benzene rings is 3. The Labute approximate surface area is 214 Å². The monoisotopic (exact) mass is 484 g/mol. The summed E-state index contributed by atoms with van der Waals surface area (Å²) < 4.78 is 5.68. The molecule has 0 aliphatic heterocycles. The molecule has 0 bridgehead atoms. The van der Waals surface area contributed by atoms with E-state index in [1.807, 2.05) is 38.2 Å². The third-order valence-corrected chi connectivity index (χ3v) is 6.18. The molecule has 0 spiro atoms. The molecule has 36 heavy (non-hydrogen) atoms. The van der Waals surface area contributed by atoms with E-state index in [0.717, 1.165) is 39.8 Å². The summed E-state index contributed by atoms with van der Waals surface area (Å²) >= 11 is 0. The van der Waals surface area contributed by atoms with E-state index in [-0.39, 0.29) is 18.3 Å². The first kappa shape index (κ1) is 26.9. The third-order valence-electron chi connectivity index (χ3n) is 6.18. The van der Waals surface area contributed by atoms with Crippen molar-refractivity contribution in [3.8, 4) is 16.9 Å². The molecule has 5 nitrogen and oxygen atoms in total. The average Bonchev–Trinajstić information content (AvgIpc) is 2.88. The van der Waals surface area contributed by atoms with Crippen molar-refractivity contribution < 1.29 is 14.3 Å². The Bertz CT molecular complexity index is 1230. The maximum Gasteiger partial charge on any atom is 0.311 e. The number of carbonyl (C=O) groups is 2. The normalized spacial score (nSPS) is 10.7. The number of amides is 1. The molecular formula is C31H36N2O3. The molecule has 3 rings (SSSR count). The molecule has 5 heteroatoms. The predicted molar refractivity (Wildman–Crippen MR) is 146 cm³/mol. The molecule has 3 aromatic carbocycles. The van der Waals surface area contributed by atoms with Gasteiger partial charge in [-0.15, -0.1) is 0 Å². The van der Waals surface area contributed by atoms with Crippen molar-refractivity contribution in [2.24, 2.45) is 0 Å². The van der Waals surface area contributed by atoms with Crippen LogP contribution in [0.3, 0.4) is 0 Å². The average molecular weight is 485 g/mol. The molecule has 0 atom stereocenters. The van der Waals surface area contributed by atoms with Crippen molar-refractivity contribution in [2.75, 3.05) is 7.05 Å². The van der Waals surface area contributed by atoms with Crippen LogP contribution < -0.4 is 15.4 Å². The lowest BCUT2D eigenvalue weighted by Gasteiger charge is -2.13. The second-order valence-corrected chi connectivity index (χ2v) is 9.10. The van der Waals surface area contributed by atoms with Crippen molar-refractivity contribution in [3.63, 3.8) is 0 Å². The van der Waals surface area contributed by atoms with Crippen LogP contribution >= 0.6 is 0 Å². The summed E-state index contributed by atoms with van der Waals surface area (Å²) in [6.45, 7) is 10.6. The van der Waals surface area contributed by atoms with Gasteiger partial charge in [0.05, 0.1) is 0 Å². The molecule has 0 aromatic heterocycles. The zero-order valence-corrected chi connectivity index (χ0v) is 21.7. The van der Waals surface area contributed by atoms with E-state index in [1.165, 1.54) is 5.56 Å². The van der Waals surface area contributed by atoms with Gasteiger partial charge >= 0.3 is 5.97 Å². The van der Waals surface area contributed by atoms with Crippen molar-refractivity contribution in [1.29, 1.82) is 0 Å². The number of nitrogens with one attached hydrogen (secondary N) is 2. The first-order valence-electron chi connectivity index (χ1n) is 12.4. The standard InChI is InChI=1S/C31H36N2O3/c1-6-23-7-11-25(12-8-23)26-14-15-29(22(4)17-26)36-30(34)16-10-24-9-13-27(28(18-24)19-32-5)20-33-31(35)21(2)3/h7-9,11-15,17-18,32H,2,6,10,16,19-20H2,1,3-5H3,(H,33,35). The Balaban J connectivity index is 1.60. The fraction of sp³-hybridized carbons (Fsp3) is 0.290. The fourth-order valence-electron chi connectivity index (χ4n) is 3.99. The molecule has 0 fully saturated rings. The second-order valence-electron chi connectivity index (χ2n) is 9.10. The van der Waals surface area contributed by atoms with Crippen molar-refractivity contribution >= 4 is 11.9 Å². The Morgan fingerprint density at radius 2 is 1.58 bits per heavy atom. The third kappa shape index (κ3) is 7.40. The van der Waals surface area contributed by atoms with Gasteiger partial charge in [0.25, 0.3) is 0 Å². The molecule has 0 unspecified atom stereocenters. The molecule has 0 saturated carbocycles. The smallest absolute Gasteiger partial charge is 0.311 e. The van der Waals surface area contributed by atoms with E-state index in [0.29, 0.717) is 30.8 Å². The number of aryl methyl sites for hydroxylation is 3. The van der Waals surface area contributed by atoms with Gasteiger partial charge < -0.3 is 15.4 Å². The van der Waals surface area contributed by atoms with Crippen LogP contribution in [-0.4, -0.2) is 18.9 Å². The molecule has 0 aliphatic carbocycles. The van der Waals surface area contributed by atoms with Gasteiger partial charge in [0.2, 0.25) is 5.91 Å². The number of carbonyl (C=O) groups excluding carboxylic acids is 2. The van der Waals surface area contributed by atoms with Gasteiger partial charge in [-0.1, -0.05) is 62.0 Å². The number of ether oxygens (including phenoxy) is 1. The van der Waals surface area contributed by atoms with Crippen molar-refractivity contribution in [2.45, 2.75) is 53.1 Å². The molecule has 0 heterocycles. The van der Waals surface area contributed by atoms with Crippen molar-refractivity contribution in [3.05, 3.63) is 101 Å². The van der Waals surface area contributed by atoms with E-state index >= 15 is 0 Å². The quantitative estimate of drug-likeness (QED) is 0.209. The number of hydrogen-bond acceptors (Lipinski definition) is 4. The van der Waals surface area contributed by atoms with Crippen LogP contribution in [0.15, 0.2) is 72.8 Å². The fourth-order valence-corrected chi connectivity index (χ4v) is 3.99.